The van der Waals surface area contributed by atoms with Crippen LogP contribution in [0.3, 0.4) is 0 Å². The maximum absolute atomic E-state index is 2.48. The van der Waals surface area contributed by atoms with Crippen LogP contribution in [0, 0.1) is 3.57 Å². The van der Waals surface area contributed by atoms with Crippen molar-refractivity contribution in [1.29, 1.82) is 0 Å². The second-order valence-corrected chi connectivity index (χ2v) is 8.35. The topological polar surface area (TPSA) is 4.93 Å². The Labute approximate surface area is 165 Å². The highest BCUT2D eigenvalue weighted by Crippen LogP contribution is 2.41. The number of halogens is 1. The first kappa shape index (κ1) is 14.8. The molecular weight excluding hydrogens is 429 g/mol. The third kappa shape index (κ3) is 1.91. The number of benzene rings is 4. The molecule has 0 aliphatic heterocycles. The van der Waals surface area contributed by atoms with Gasteiger partial charge in [-0.2, -0.15) is 0 Å². The van der Waals surface area contributed by atoms with E-state index < -0.39 is 0 Å². The molecule has 1 heterocycles. The summed E-state index contributed by atoms with van der Waals surface area (Å²) in [4.78, 5) is 0. The van der Waals surface area contributed by atoms with E-state index in [0.717, 1.165) is 12.8 Å². The number of rotatable bonds is 1. The zero-order valence-electron chi connectivity index (χ0n) is 14.2. The Hall–Kier alpha value is -2.33. The highest BCUT2D eigenvalue weighted by Gasteiger charge is 2.22. The van der Waals surface area contributed by atoms with E-state index in [0.29, 0.717) is 0 Å². The Morgan fingerprint density at radius 3 is 2.42 bits per heavy atom. The number of aryl methyl sites for hydroxylation is 2. The largest absolute Gasteiger partial charge is 0.309 e. The molecule has 0 bridgehead atoms. The molecule has 1 aliphatic carbocycles. The number of fused-ring (bicyclic) bond motifs is 1. The molecular formula is C24H16IN. The second kappa shape index (κ2) is 5.34. The van der Waals surface area contributed by atoms with Crippen LogP contribution in [0.1, 0.15) is 11.1 Å². The van der Waals surface area contributed by atoms with Crippen molar-refractivity contribution in [1.82, 2.24) is 4.57 Å². The Balaban J connectivity index is 1.89. The fourth-order valence-electron chi connectivity index (χ4n) is 4.64. The van der Waals surface area contributed by atoms with Crippen LogP contribution in [0.5, 0.6) is 0 Å². The maximum atomic E-state index is 2.48. The van der Waals surface area contributed by atoms with Gasteiger partial charge < -0.3 is 4.57 Å². The van der Waals surface area contributed by atoms with Gasteiger partial charge in [0.25, 0.3) is 0 Å². The summed E-state index contributed by atoms with van der Waals surface area (Å²) in [5.74, 6) is 0. The lowest BCUT2D eigenvalue weighted by atomic mass is 9.91. The Morgan fingerprint density at radius 1 is 0.692 bits per heavy atom. The van der Waals surface area contributed by atoms with E-state index in [-0.39, 0.29) is 0 Å². The minimum Gasteiger partial charge on any atom is -0.309 e. The Bertz CT molecular complexity index is 1340. The van der Waals surface area contributed by atoms with Gasteiger partial charge in [-0.05, 0) is 76.2 Å². The van der Waals surface area contributed by atoms with Crippen LogP contribution in [0.4, 0.5) is 0 Å². The van der Waals surface area contributed by atoms with E-state index in [1.807, 2.05) is 0 Å². The summed E-state index contributed by atoms with van der Waals surface area (Å²) < 4.78 is 3.80. The van der Waals surface area contributed by atoms with Gasteiger partial charge in [0, 0.05) is 19.7 Å². The summed E-state index contributed by atoms with van der Waals surface area (Å²) in [6.45, 7) is 0. The third-order valence-corrected chi connectivity index (χ3v) is 6.32. The van der Waals surface area contributed by atoms with Gasteiger partial charge in [-0.25, -0.2) is 0 Å². The number of hydrogen-bond donors (Lipinski definition) is 0. The molecule has 26 heavy (non-hydrogen) atoms. The van der Waals surface area contributed by atoms with E-state index in [9.17, 15) is 0 Å². The molecule has 0 unspecified atom stereocenters. The summed E-state index contributed by atoms with van der Waals surface area (Å²) >= 11 is 2.46. The van der Waals surface area contributed by atoms with E-state index in [1.54, 1.807) is 0 Å². The average molecular weight is 445 g/mol. The van der Waals surface area contributed by atoms with Crippen LogP contribution >= 0.6 is 22.6 Å². The molecule has 0 N–H and O–H groups in total. The van der Waals surface area contributed by atoms with Crippen molar-refractivity contribution >= 4 is 55.2 Å². The van der Waals surface area contributed by atoms with Crippen LogP contribution in [-0.2, 0) is 12.8 Å². The van der Waals surface area contributed by atoms with Crippen LogP contribution < -0.4 is 0 Å². The van der Waals surface area contributed by atoms with E-state index in [2.05, 4.69) is 100.0 Å². The third-order valence-electron chi connectivity index (χ3n) is 5.70. The first-order valence-electron chi connectivity index (χ1n) is 9.04. The van der Waals surface area contributed by atoms with E-state index >= 15 is 0 Å². The summed E-state index contributed by atoms with van der Waals surface area (Å²) in [6, 6.07) is 26.8. The fourth-order valence-corrected chi connectivity index (χ4v) is 5.31. The summed E-state index contributed by atoms with van der Waals surface area (Å²) in [5.41, 5.74) is 6.92. The Morgan fingerprint density at radius 2 is 1.46 bits per heavy atom. The molecule has 1 aliphatic rings. The molecule has 0 amide bonds. The van der Waals surface area contributed by atoms with Crippen molar-refractivity contribution in [3.8, 4) is 5.69 Å². The van der Waals surface area contributed by atoms with Crippen LogP contribution in [0.15, 0.2) is 72.8 Å². The molecule has 0 fully saturated rings. The molecule has 0 atom stereocenters. The minimum atomic E-state index is 1.14. The van der Waals surface area contributed by atoms with Crippen molar-refractivity contribution in [3.05, 3.63) is 87.5 Å². The molecule has 0 radical (unpaired) electrons. The average Bonchev–Trinajstić information content (AvgIpc) is 3.00. The lowest BCUT2D eigenvalue weighted by Gasteiger charge is -2.13. The molecule has 4 aromatic carbocycles. The summed E-state index contributed by atoms with van der Waals surface area (Å²) in [5, 5.41) is 5.50. The van der Waals surface area contributed by atoms with Crippen molar-refractivity contribution in [2.24, 2.45) is 0 Å². The Kier molecular flexibility index (Phi) is 3.04. The normalized spacial score (nSPS) is 13.3. The highest BCUT2D eigenvalue weighted by molar-refractivity contribution is 14.1. The molecule has 1 aromatic heterocycles. The SMILES string of the molecule is Ic1cc2c3c4c(cccc4n(-c4cccc5ccccc45)c3c1)CC2. The minimum absolute atomic E-state index is 1.14. The lowest BCUT2D eigenvalue weighted by Crippen LogP contribution is -1.98. The summed E-state index contributed by atoms with van der Waals surface area (Å²) in [6.07, 6.45) is 2.28. The summed E-state index contributed by atoms with van der Waals surface area (Å²) in [7, 11) is 0. The van der Waals surface area contributed by atoms with E-state index in [1.165, 1.54) is 53.0 Å². The van der Waals surface area contributed by atoms with Crippen LogP contribution in [-0.4, -0.2) is 4.57 Å². The maximum Gasteiger partial charge on any atom is 0.0554 e. The van der Waals surface area contributed by atoms with Gasteiger partial charge >= 0.3 is 0 Å². The lowest BCUT2D eigenvalue weighted by molar-refractivity contribution is 0.968. The molecule has 0 spiro atoms. The van der Waals surface area contributed by atoms with Gasteiger partial charge in [0.05, 0.1) is 16.7 Å². The number of aromatic nitrogens is 1. The number of hydrogen-bond acceptors (Lipinski definition) is 0. The predicted molar refractivity (Wildman–Crippen MR) is 118 cm³/mol. The number of nitrogens with zero attached hydrogens (tertiary/aromatic N) is 1. The molecule has 1 nitrogen and oxygen atoms in total. The molecule has 0 saturated carbocycles. The van der Waals surface area contributed by atoms with Crippen molar-refractivity contribution < 1.29 is 0 Å². The van der Waals surface area contributed by atoms with E-state index in [4.69, 9.17) is 0 Å². The van der Waals surface area contributed by atoms with Gasteiger partial charge in [0.1, 0.15) is 0 Å². The first-order chi connectivity index (χ1) is 12.8. The van der Waals surface area contributed by atoms with Crippen molar-refractivity contribution in [2.45, 2.75) is 12.8 Å². The first-order valence-corrected chi connectivity index (χ1v) is 10.1. The second-order valence-electron chi connectivity index (χ2n) is 7.10. The standard InChI is InChI=1S/C24H16IN/c25-18-13-17-12-11-16-7-4-10-21-23(16)24(17)22(14-18)26(21)20-9-3-6-15-5-1-2-8-19(15)20/h1-10,13-14H,11-12H2. The molecule has 5 aromatic rings. The zero-order valence-corrected chi connectivity index (χ0v) is 16.3. The molecule has 2 heteroatoms. The van der Waals surface area contributed by atoms with Crippen molar-refractivity contribution in [3.63, 3.8) is 0 Å². The van der Waals surface area contributed by atoms with Gasteiger partial charge in [0.15, 0.2) is 0 Å². The molecule has 124 valence electrons. The molecule has 6 rings (SSSR count). The monoisotopic (exact) mass is 445 g/mol. The van der Waals surface area contributed by atoms with Gasteiger partial charge in [-0.1, -0.05) is 48.5 Å². The quantitative estimate of drug-likeness (QED) is 0.255. The smallest absolute Gasteiger partial charge is 0.0554 e. The van der Waals surface area contributed by atoms with Gasteiger partial charge in [0.2, 0.25) is 0 Å². The van der Waals surface area contributed by atoms with Crippen LogP contribution in [0.2, 0.25) is 0 Å². The fraction of sp³-hybridized carbons (Fsp3) is 0.0833. The van der Waals surface area contributed by atoms with Crippen molar-refractivity contribution in [2.75, 3.05) is 0 Å². The zero-order chi connectivity index (χ0) is 17.3. The molecule has 0 saturated heterocycles. The predicted octanol–water partition coefficient (Wildman–Crippen LogP) is 6.64. The van der Waals surface area contributed by atoms with Crippen LogP contribution in [0.25, 0.3) is 38.3 Å². The highest BCUT2D eigenvalue weighted by atomic mass is 127. The van der Waals surface area contributed by atoms with Gasteiger partial charge in [-0.15, -0.1) is 0 Å². The van der Waals surface area contributed by atoms with Gasteiger partial charge in [-0.3, -0.25) is 0 Å².